The van der Waals surface area contributed by atoms with Crippen LogP contribution in [0.2, 0.25) is 0 Å². The van der Waals surface area contributed by atoms with Gasteiger partial charge in [-0.1, -0.05) is 23.8 Å². The van der Waals surface area contributed by atoms with Gasteiger partial charge in [0.15, 0.2) is 0 Å². The van der Waals surface area contributed by atoms with Crippen LogP contribution in [0.5, 0.6) is 0 Å². The number of rotatable bonds is 2. The average Bonchev–Trinajstić information content (AvgIpc) is 2.03. The molecular weight excluding hydrogens is 162 g/mol. The number of hydrogen-bond acceptors (Lipinski definition) is 1. The van der Waals surface area contributed by atoms with E-state index >= 15 is 0 Å². The number of amides is 1. The third-order valence-corrected chi connectivity index (χ3v) is 2.00. The molecule has 0 spiro atoms. The van der Waals surface area contributed by atoms with Crippen LogP contribution in [0.1, 0.15) is 27.2 Å². The summed E-state index contributed by atoms with van der Waals surface area (Å²) in [7, 11) is 0. The van der Waals surface area contributed by atoms with Gasteiger partial charge in [0.05, 0.1) is 5.92 Å². The maximum Gasteiger partial charge on any atom is 0.227 e. The minimum absolute atomic E-state index is 0.0346. The molecule has 0 aromatic carbocycles. The lowest BCUT2D eigenvalue weighted by Crippen LogP contribution is -2.35. The summed E-state index contributed by atoms with van der Waals surface area (Å²) in [6.07, 6.45) is 6.96. The third kappa shape index (κ3) is 3.05. The van der Waals surface area contributed by atoms with Crippen LogP contribution in [0.4, 0.5) is 0 Å². The summed E-state index contributed by atoms with van der Waals surface area (Å²) < 4.78 is 0. The first-order valence-electron chi connectivity index (χ1n) is 4.75. The molecule has 1 aliphatic carbocycles. The standard InChI is InChI=1S/C11H17NO/c1-8(2)12-11(13)10-6-4-5-9(3)7-10/h4-5,7-8,10H,6H2,1-3H3,(H,12,13). The average molecular weight is 179 g/mol. The summed E-state index contributed by atoms with van der Waals surface area (Å²) in [5.41, 5.74) is 1.18. The van der Waals surface area contributed by atoms with E-state index in [0.29, 0.717) is 0 Å². The van der Waals surface area contributed by atoms with Crippen molar-refractivity contribution in [2.75, 3.05) is 0 Å². The Morgan fingerprint density at radius 3 is 2.85 bits per heavy atom. The number of nitrogens with one attached hydrogen (secondary N) is 1. The van der Waals surface area contributed by atoms with Crippen LogP contribution >= 0.6 is 0 Å². The number of allylic oxidation sites excluding steroid dienone is 3. The molecule has 1 rings (SSSR count). The van der Waals surface area contributed by atoms with Gasteiger partial charge in [-0.3, -0.25) is 4.79 Å². The summed E-state index contributed by atoms with van der Waals surface area (Å²) in [5, 5.41) is 2.92. The van der Waals surface area contributed by atoms with Gasteiger partial charge in [-0.05, 0) is 27.2 Å². The molecule has 13 heavy (non-hydrogen) atoms. The van der Waals surface area contributed by atoms with E-state index in [1.165, 1.54) is 5.57 Å². The van der Waals surface area contributed by atoms with Gasteiger partial charge in [-0.25, -0.2) is 0 Å². The van der Waals surface area contributed by atoms with Gasteiger partial charge < -0.3 is 5.32 Å². The van der Waals surface area contributed by atoms with Crippen molar-refractivity contribution in [3.05, 3.63) is 23.8 Å². The van der Waals surface area contributed by atoms with Crippen LogP contribution < -0.4 is 5.32 Å². The summed E-state index contributed by atoms with van der Waals surface area (Å²) >= 11 is 0. The van der Waals surface area contributed by atoms with E-state index in [0.717, 1.165) is 6.42 Å². The van der Waals surface area contributed by atoms with E-state index in [-0.39, 0.29) is 17.9 Å². The largest absolute Gasteiger partial charge is 0.353 e. The van der Waals surface area contributed by atoms with Crippen molar-refractivity contribution in [3.63, 3.8) is 0 Å². The van der Waals surface area contributed by atoms with E-state index in [1.807, 2.05) is 26.8 Å². The maximum absolute atomic E-state index is 11.6. The van der Waals surface area contributed by atoms with Crippen molar-refractivity contribution in [2.24, 2.45) is 5.92 Å². The summed E-state index contributed by atoms with van der Waals surface area (Å²) in [4.78, 5) is 11.6. The molecule has 2 heteroatoms. The first kappa shape index (κ1) is 10.0. The van der Waals surface area contributed by atoms with Crippen LogP contribution in [0.15, 0.2) is 23.8 Å². The van der Waals surface area contributed by atoms with Gasteiger partial charge in [0.2, 0.25) is 5.91 Å². The fourth-order valence-corrected chi connectivity index (χ4v) is 1.42. The van der Waals surface area contributed by atoms with E-state index < -0.39 is 0 Å². The molecule has 0 saturated heterocycles. The number of carbonyl (C=O) groups is 1. The Morgan fingerprint density at radius 1 is 1.62 bits per heavy atom. The van der Waals surface area contributed by atoms with Crippen LogP contribution in [-0.4, -0.2) is 11.9 Å². The van der Waals surface area contributed by atoms with E-state index in [9.17, 15) is 4.79 Å². The zero-order valence-corrected chi connectivity index (χ0v) is 8.50. The van der Waals surface area contributed by atoms with Gasteiger partial charge in [0.1, 0.15) is 0 Å². The molecule has 1 aliphatic rings. The Bertz CT molecular complexity index is 251. The van der Waals surface area contributed by atoms with Gasteiger partial charge in [-0.2, -0.15) is 0 Å². The topological polar surface area (TPSA) is 29.1 Å². The second-order valence-electron chi connectivity index (χ2n) is 3.82. The third-order valence-electron chi connectivity index (χ3n) is 2.00. The zero-order valence-electron chi connectivity index (χ0n) is 8.50. The Hall–Kier alpha value is -1.05. The highest BCUT2D eigenvalue weighted by Gasteiger charge is 2.16. The van der Waals surface area contributed by atoms with Crippen molar-refractivity contribution in [3.8, 4) is 0 Å². The molecule has 0 fully saturated rings. The lowest BCUT2D eigenvalue weighted by Gasteiger charge is -2.16. The molecule has 0 radical (unpaired) electrons. The van der Waals surface area contributed by atoms with Crippen molar-refractivity contribution >= 4 is 5.91 Å². The Morgan fingerprint density at radius 2 is 2.31 bits per heavy atom. The quantitative estimate of drug-likeness (QED) is 0.690. The molecular formula is C11H17NO. The smallest absolute Gasteiger partial charge is 0.227 e. The normalized spacial score (nSPS) is 21.5. The molecule has 72 valence electrons. The number of hydrogen-bond donors (Lipinski definition) is 1. The van der Waals surface area contributed by atoms with Gasteiger partial charge in [-0.15, -0.1) is 0 Å². The fourth-order valence-electron chi connectivity index (χ4n) is 1.42. The predicted octanol–water partition coefficient (Wildman–Crippen LogP) is 2.03. The molecule has 1 unspecified atom stereocenters. The van der Waals surface area contributed by atoms with Gasteiger partial charge in [0.25, 0.3) is 0 Å². The van der Waals surface area contributed by atoms with Gasteiger partial charge in [0, 0.05) is 6.04 Å². The summed E-state index contributed by atoms with van der Waals surface area (Å²) in [5.74, 6) is 0.172. The maximum atomic E-state index is 11.6. The monoisotopic (exact) mass is 179 g/mol. The van der Waals surface area contributed by atoms with Crippen LogP contribution in [0, 0.1) is 5.92 Å². The molecule has 0 aromatic heterocycles. The SMILES string of the molecule is CC1=CC(C(=O)NC(C)C)CC=C1. The van der Waals surface area contributed by atoms with Crippen LogP contribution in [-0.2, 0) is 4.79 Å². The molecule has 0 saturated carbocycles. The van der Waals surface area contributed by atoms with Crippen LogP contribution in [0.25, 0.3) is 0 Å². The molecule has 0 aromatic rings. The predicted molar refractivity (Wildman–Crippen MR) is 54.3 cm³/mol. The van der Waals surface area contributed by atoms with Crippen LogP contribution in [0.3, 0.4) is 0 Å². The molecule has 0 aliphatic heterocycles. The lowest BCUT2D eigenvalue weighted by molar-refractivity contribution is -0.124. The molecule has 2 nitrogen and oxygen atoms in total. The highest BCUT2D eigenvalue weighted by atomic mass is 16.1. The first-order valence-corrected chi connectivity index (χ1v) is 4.75. The minimum Gasteiger partial charge on any atom is -0.353 e. The molecule has 0 heterocycles. The van der Waals surface area contributed by atoms with E-state index in [1.54, 1.807) is 0 Å². The van der Waals surface area contributed by atoms with Crippen molar-refractivity contribution in [1.82, 2.24) is 5.32 Å². The summed E-state index contributed by atoms with van der Waals surface area (Å²) in [6.45, 7) is 5.98. The van der Waals surface area contributed by atoms with Crippen molar-refractivity contribution < 1.29 is 4.79 Å². The minimum atomic E-state index is 0.0346. The van der Waals surface area contributed by atoms with Crippen molar-refractivity contribution in [2.45, 2.75) is 33.2 Å². The fraction of sp³-hybridized carbons (Fsp3) is 0.545. The zero-order chi connectivity index (χ0) is 9.84. The molecule has 1 N–H and O–H groups in total. The second-order valence-corrected chi connectivity index (χ2v) is 3.82. The van der Waals surface area contributed by atoms with E-state index in [4.69, 9.17) is 0 Å². The Labute approximate surface area is 79.7 Å². The second kappa shape index (κ2) is 4.26. The molecule has 1 atom stereocenters. The lowest BCUT2D eigenvalue weighted by atomic mass is 9.96. The van der Waals surface area contributed by atoms with E-state index in [2.05, 4.69) is 17.5 Å². The molecule has 1 amide bonds. The number of carbonyl (C=O) groups excluding carboxylic acids is 1. The Kier molecular flexibility index (Phi) is 3.29. The van der Waals surface area contributed by atoms with Crippen molar-refractivity contribution in [1.29, 1.82) is 0 Å². The molecule has 0 bridgehead atoms. The Balaban J connectivity index is 2.54. The summed E-state index contributed by atoms with van der Waals surface area (Å²) in [6, 6.07) is 0.229. The highest BCUT2D eigenvalue weighted by Crippen LogP contribution is 2.16. The highest BCUT2D eigenvalue weighted by molar-refractivity contribution is 5.81. The van der Waals surface area contributed by atoms with Gasteiger partial charge >= 0.3 is 0 Å². The first-order chi connectivity index (χ1) is 6.09.